The molecule has 0 aliphatic carbocycles. The number of carbonyl (C=O) groups excluding carboxylic acids is 1. The molecule has 1 aromatic heterocycles. The molecule has 1 heterocycles. The van der Waals surface area contributed by atoms with Crippen molar-refractivity contribution in [1.29, 1.82) is 0 Å². The summed E-state index contributed by atoms with van der Waals surface area (Å²) in [7, 11) is 0. The number of unbranched alkanes of at least 4 members (excludes halogenated alkanes) is 1. The molecule has 3 aromatic rings. The lowest BCUT2D eigenvalue weighted by atomic mass is 9.95. The third kappa shape index (κ3) is 5.41. The van der Waals surface area contributed by atoms with Crippen LogP contribution in [0.25, 0.3) is 0 Å². The van der Waals surface area contributed by atoms with Crippen molar-refractivity contribution in [3.8, 4) is 0 Å². The predicted molar refractivity (Wildman–Crippen MR) is 125 cm³/mol. The maximum Gasteiger partial charge on any atom is 0.230 e. The summed E-state index contributed by atoms with van der Waals surface area (Å²) in [5.74, 6) is 0.156. The van der Waals surface area contributed by atoms with Crippen molar-refractivity contribution in [1.82, 2.24) is 9.47 Å². The molecule has 0 fully saturated rings. The van der Waals surface area contributed by atoms with E-state index in [9.17, 15) is 4.79 Å². The minimum atomic E-state index is -0.0807. The van der Waals surface area contributed by atoms with E-state index in [4.69, 9.17) is 0 Å². The molecule has 0 saturated carbocycles. The van der Waals surface area contributed by atoms with Crippen molar-refractivity contribution < 1.29 is 4.79 Å². The van der Waals surface area contributed by atoms with Crippen molar-refractivity contribution in [2.75, 3.05) is 6.54 Å². The molecule has 3 rings (SSSR count). The van der Waals surface area contributed by atoms with Gasteiger partial charge in [-0.25, -0.2) is 0 Å². The van der Waals surface area contributed by atoms with E-state index in [0.29, 0.717) is 6.54 Å². The largest absolute Gasteiger partial charge is 0.345 e. The van der Waals surface area contributed by atoms with E-state index in [1.807, 2.05) is 18.2 Å². The van der Waals surface area contributed by atoms with Gasteiger partial charge in [-0.1, -0.05) is 74.9 Å². The highest BCUT2D eigenvalue weighted by atomic mass is 16.2. The number of aryl methyl sites for hydroxylation is 1. The molecule has 0 radical (unpaired) electrons. The minimum absolute atomic E-state index is 0.0807. The van der Waals surface area contributed by atoms with Crippen molar-refractivity contribution in [3.63, 3.8) is 0 Å². The first-order valence-electron chi connectivity index (χ1n) is 11.2. The SMILES string of the molecule is CCCCN(Cc1cccn1Cc1ccccc1C)C(=O)C(CC)c1ccccc1. The number of rotatable bonds is 10. The van der Waals surface area contributed by atoms with Crippen LogP contribution in [0, 0.1) is 6.92 Å². The average Bonchev–Trinajstić information content (AvgIpc) is 3.20. The Morgan fingerprint density at radius 1 is 0.967 bits per heavy atom. The molecule has 0 aliphatic rings. The molecule has 0 spiro atoms. The van der Waals surface area contributed by atoms with Crippen molar-refractivity contribution in [2.45, 2.75) is 59.0 Å². The molecule has 1 amide bonds. The molecule has 158 valence electrons. The van der Waals surface area contributed by atoms with Gasteiger partial charge in [0.05, 0.1) is 12.5 Å². The van der Waals surface area contributed by atoms with Crippen LogP contribution < -0.4 is 0 Å². The Labute approximate surface area is 181 Å². The van der Waals surface area contributed by atoms with Crippen LogP contribution >= 0.6 is 0 Å². The molecule has 30 heavy (non-hydrogen) atoms. The molecule has 0 bridgehead atoms. The Balaban J connectivity index is 1.81. The minimum Gasteiger partial charge on any atom is -0.345 e. The van der Waals surface area contributed by atoms with Crippen molar-refractivity contribution in [2.24, 2.45) is 0 Å². The zero-order valence-corrected chi connectivity index (χ0v) is 18.6. The fourth-order valence-corrected chi connectivity index (χ4v) is 3.99. The van der Waals surface area contributed by atoms with E-state index in [2.05, 4.69) is 85.0 Å². The van der Waals surface area contributed by atoms with Gasteiger partial charge in [-0.05, 0) is 48.6 Å². The summed E-state index contributed by atoms with van der Waals surface area (Å²) in [4.78, 5) is 15.6. The topological polar surface area (TPSA) is 25.2 Å². The summed E-state index contributed by atoms with van der Waals surface area (Å²) < 4.78 is 2.28. The number of benzene rings is 2. The van der Waals surface area contributed by atoms with E-state index in [1.54, 1.807) is 0 Å². The normalized spacial score (nSPS) is 12.0. The van der Waals surface area contributed by atoms with E-state index in [0.717, 1.165) is 37.9 Å². The summed E-state index contributed by atoms with van der Waals surface area (Å²) in [5, 5.41) is 0. The first-order chi connectivity index (χ1) is 14.6. The van der Waals surface area contributed by atoms with Crippen LogP contribution in [-0.4, -0.2) is 21.9 Å². The van der Waals surface area contributed by atoms with Gasteiger partial charge in [-0.15, -0.1) is 0 Å². The molecule has 1 unspecified atom stereocenters. The number of aromatic nitrogens is 1. The molecule has 2 aromatic carbocycles. The molecule has 0 N–H and O–H groups in total. The molecular weight excluding hydrogens is 368 g/mol. The monoisotopic (exact) mass is 402 g/mol. The van der Waals surface area contributed by atoms with Crippen LogP contribution in [0.1, 0.15) is 61.4 Å². The summed E-state index contributed by atoms with van der Waals surface area (Å²) in [6, 6.07) is 22.9. The number of amides is 1. The van der Waals surface area contributed by atoms with E-state index < -0.39 is 0 Å². The molecule has 0 aliphatic heterocycles. The fourth-order valence-electron chi connectivity index (χ4n) is 3.99. The van der Waals surface area contributed by atoms with Gasteiger partial charge in [0.25, 0.3) is 0 Å². The Kier molecular flexibility index (Phi) is 7.89. The van der Waals surface area contributed by atoms with Gasteiger partial charge in [0, 0.05) is 25.0 Å². The van der Waals surface area contributed by atoms with Gasteiger partial charge in [-0.3, -0.25) is 4.79 Å². The first kappa shape index (κ1) is 21.9. The highest BCUT2D eigenvalue weighted by Gasteiger charge is 2.25. The lowest BCUT2D eigenvalue weighted by molar-refractivity contribution is -0.133. The van der Waals surface area contributed by atoms with E-state index >= 15 is 0 Å². The van der Waals surface area contributed by atoms with Crippen molar-refractivity contribution in [3.05, 3.63) is 95.3 Å². The van der Waals surface area contributed by atoms with Crippen LogP contribution in [0.3, 0.4) is 0 Å². The van der Waals surface area contributed by atoms with Crippen LogP contribution in [-0.2, 0) is 17.9 Å². The highest BCUT2D eigenvalue weighted by Crippen LogP contribution is 2.24. The summed E-state index contributed by atoms with van der Waals surface area (Å²) in [6.07, 6.45) is 5.04. The van der Waals surface area contributed by atoms with Crippen molar-refractivity contribution >= 4 is 5.91 Å². The van der Waals surface area contributed by atoms with Gasteiger partial charge in [0.1, 0.15) is 0 Å². The number of hydrogen-bond donors (Lipinski definition) is 0. The van der Waals surface area contributed by atoms with Gasteiger partial charge < -0.3 is 9.47 Å². The average molecular weight is 403 g/mol. The predicted octanol–water partition coefficient (Wildman–Crippen LogP) is 6.17. The number of hydrogen-bond acceptors (Lipinski definition) is 1. The van der Waals surface area contributed by atoms with E-state index in [1.165, 1.54) is 16.8 Å². The van der Waals surface area contributed by atoms with Crippen LogP contribution in [0.4, 0.5) is 0 Å². The second-order valence-corrected chi connectivity index (χ2v) is 8.04. The number of nitrogens with zero attached hydrogens (tertiary/aromatic N) is 2. The lowest BCUT2D eigenvalue weighted by Gasteiger charge is -2.28. The molecule has 1 atom stereocenters. The van der Waals surface area contributed by atoms with Gasteiger partial charge >= 0.3 is 0 Å². The molecule has 3 heteroatoms. The maximum absolute atomic E-state index is 13.5. The summed E-state index contributed by atoms with van der Waals surface area (Å²) in [5.41, 5.74) is 4.91. The highest BCUT2D eigenvalue weighted by molar-refractivity contribution is 5.83. The smallest absolute Gasteiger partial charge is 0.230 e. The fraction of sp³-hybridized carbons (Fsp3) is 0.370. The second kappa shape index (κ2) is 10.8. The summed E-state index contributed by atoms with van der Waals surface area (Å²) >= 11 is 0. The van der Waals surface area contributed by atoms with Crippen LogP contribution in [0.5, 0.6) is 0 Å². The first-order valence-corrected chi connectivity index (χ1v) is 11.2. The Bertz CT molecular complexity index is 929. The van der Waals surface area contributed by atoms with E-state index in [-0.39, 0.29) is 11.8 Å². The Morgan fingerprint density at radius 3 is 2.40 bits per heavy atom. The molecule has 0 saturated heterocycles. The number of carbonyl (C=O) groups is 1. The lowest BCUT2D eigenvalue weighted by Crippen LogP contribution is -2.36. The quantitative estimate of drug-likeness (QED) is 0.398. The molecular formula is C27H34N2O. The van der Waals surface area contributed by atoms with Crippen LogP contribution in [0.15, 0.2) is 72.9 Å². The Hall–Kier alpha value is -2.81. The van der Waals surface area contributed by atoms with Gasteiger partial charge in [0.15, 0.2) is 0 Å². The maximum atomic E-state index is 13.5. The third-order valence-electron chi connectivity index (χ3n) is 5.88. The molecule has 3 nitrogen and oxygen atoms in total. The van der Waals surface area contributed by atoms with Crippen LogP contribution in [0.2, 0.25) is 0 Å². The zero-order chi connectivity index (χ0) is 21.3. The van der Waals surface area contributed by atoms with Gasteiger partial charge in [-0.2, -0.15) is 0 Å². The zero-order valence-electron chi connectivity index (χ0n) is 18.6. The van der Waals surface area contributed by atoms with Gasteiger partial charge in [0.2, 0.25) is 5.91 Å². The third-order valence-corrected chi connectivity index (χ3v) is 5.88. The Morgan fingerprint density at radius 2 is 1.70 bits per heavy atom. The summed E-state index contributed by atoms with van der Waals surface area (Å²) in [6.45, 7) is 8.73. The standard InChI is InChI=1S/C27H34N2O/c1-4-6-18-29(27(30)26(5-2)23-14-8-7-9-15-23)21-25-17-12-19-28(25)20-24-16-11-10-13-22(24)3/h7-17,19,26H,4-6,18,20-21H2,1-3H3. The second-order valence-electron chi connectivity index (χ2n) is 8.04.